The minimum Gasteiger partial charge on any atom is -0.490 e. The highest BCUT2D eigenvalue weighted by Gasteiger charge is 2.36. The summed E-state index contributed by atoms with van der Waals surface area (Å²) in [5.74, 6) is -1.45. The Morgan fingerprint density at radius 3 is 2.47 bits per heavy atom. The van der Waals surface area contributed by atoms with Gasteiger partial charge in [0.2, 0.25) is 0 Å². The lowest BCUT2D eigenvalue weighted by Crippen LogP contribution is -2.34. The van der Waals surface area contributed by atoms with Gasteiger partial charge in [-0.05, 0) is 89.6 Å². The van der Waals surface area contributed by atoms with Gasteiger partial charge in [0.25, 0.3) is 11.1 Å². The summed E-state index contributed by atoms with van der Waals surface area (Å²) in [4.78, 5) is 50.1. The molecule has 3 rings (SSSR count). The van der Waals surface area contributed by atoms with Crippen molar-refractivity contribution in [2.45, 2.75) is 13.8 Å². The van der Waals surface area contributed by atoms with Crippen LogP contribution in [0.25, 0.3) is 6.08 Å². The molecule has 11 heteroatoms. The summed E-state index contributed by atoms with van der Waals surface area (Å²) in [5, 5.41) is -0.0781. The van der Waals surface area contributed by atoms with Gasteiger partial charge in [-0.2, -0.15) is 0 Å². The third-order valence-corrected chi connectivity index (χ3v) is 6.12. The maximum Gasteiger partial charge on any atom is 0.343 e. The van der Waals surface area contributed by atoms with Gasteiger partial charge in [-0.1, -0.05) is 11.6 Å². The van der Waals surface area contributed by atoms with Crippen LogP contribution < -0.4 is 9.47 Å². The first-order valence-corrected chi connectivity index (χ1v) is 12.1. The minimum absolute atomic E-state index is 0.134. The molecular formula is C23H19BrClNO7S. The number of hydrogen-bond donors (Lipinski definition) is 0. The number of carbonyl (C=O) groups is 4. The second-order valence-electron chi connectivity index (χ2n) is 6.73. The fourth-order valence-corrected chi connectivity index (χ4v) is 4.40. The van der Waals surface area contributed by atoms with E-state index in [4.69, 9.17) is 25.8 Å². The van der Waals surface area contributed by atoms with E-state index in [0.29, 0.717) is 32.4 Å². The largest absolute Gasteiger partial charge is 0.490 e. The highest BCUT2D eigenvalue weighted by atomic mass is 79.9. The Labute approximate surface area is 213 Å². The van der Waals surface area contributed by atoms with Gasteiger partial charge in [0, 0.05) is 5.02 Å². The minimum atomic E-state index is -0.667. The van der Waals surface area contributed by atoms with Crippen molar-refractivity contribution in [1.29, 1.82) is 0 Å². The third-order valence-electron chi connectivity index (χ3n) is 4.37. The van der Waals surface area contributed by atoms with Crippen LogP contribution in [0.1, 0.15) is 29.8 Å². The molecule has 178 valence electrons. The Bertz CT molecular complexity index is 1170. The molecule has 0 unspecified atom stereocenters. The summed E-state index contributed by atoms with van der Waals surface area (Å²) in [5.41, 5.74) is 0.821. The molecule has 8 nitrogen and oxygen atoms in total. The molecule has 1 aliphatic heterocycles. The average molecular weight is 569 g/mol. The molecule has 1 fully saturated rings. The van der Waals surface area contributed by atoms with Crippen LogP contribution in [-0.2, 0) is 14.3 Å². The molecule has 0 aromatic heterocycles. The van der Waals surface area contributed by atoms with E-state index < -0.39 is 29.6 Å². The number of esters is 2. The van der Waals surface area contributed by atoms with Crippen molar-refractivity contribution in [3.05, 3.63) is 61.9 Å². The molecule has 34 heavy (non-hydrogen) atoms. The number of carbonyl (C=O) groups excluding carboxylic acids is 4. The zero-order valence-corrected chi connectivity index (χ0v) is 21.3. The SMILES string of the molecule is CCOC(=O)CN1C(=O)S/C(=C\c2cc(Br)c(OC(=O)c3ccc(Cl)cc3)c(OCC)c2)C1=O. The predicted octanol–water partition coefficient (Wildman–Crippen LogP) is 5.32. The first-order chi connectivity index (χ1) is 16.2. The molecule has 0 bridgehead atoms. The number of nitrogens with zero attached hydrogens (tertiary/aromatic N) is 1. The number of hydrogen-bond acceptors (Lipinski definition) is 8. The van der Waals surface area contributed by atoms with Gasteiger partial charge in [0.15, 0.2) is 11.5 Å². The van der Waals surface area contributed by atoms with Crippen LogP contribution >= 0.6 is 39.3 Å². The van der Waals surface area contributed by atoms with Crippen LogP contribution in [0.4, 0.5) is 4.79 Å². The number of thioether (sulfide) groups is 1. The topological polar surface area (TPSA) is 99.2 Å². The van der Waals surface area contributed by atoms with Crippen LogP contribution in [0, 0.1) is 0 Å². The second-order valence-corrected chi connectivity index (χ2v) is 9.02. The molecule has 0 atom stereocenters. The van der Waals surface area contributed by atoms with Gasteiger partial charge >= 0.3 is 11.9 Å². The lowest BCUT2D eigenvalue weighted by Gasteiger charge is -2.14. The Hall–Kier alpha value is -2.82. The Balaban J connectivity index is 1.86. The summed E-state index contributed by atoms with van der Waals surface area (Å²) in [6.07, 6.45) is 1.49. The van der Waals surface area contributed by atoms with Gasteiger partial charge in [-0.3, -0.25) is 19.3 Å². The quantitative estimate of drug-likeness (QED) is 0.240. The molecule has 1 heterocycles. The molecule has 2 amide bonds. The molecule has 0 spiro atoms. The van der Waals surface area contributed by atoms with Crippen LogP contribution in [0.3, 0.4) is 0 Å². The average Bonchev–Trinajstić information content (AvgIpc) is 3.04. The summed E-state index contributed by atoms with van der Waals surface area (Å²) in [7, 11) is 0. The molecular weight excluding hydrogens is 550 g/mol. The van der Waals surface area contributed by atoms with Crippen molar-refractivity contribution in [1.82, 2.24) is 4.90 Å². The fraction of sp³-hybridized carbons (Fsp3) is 0.217. The van der Waals surface area contributed by atoms with Crippen LogP contribution in [0.15, 0.2) is 45.8 Å². The smallest absolute Gasteiger partial charge is 0.343 e. The molecule has 0 radical (unpaired) electrons. The number of ether oxygens (including phenoxy) is 3. The zero-order chi connectivity index (χ0) is 24.8. The number of halogens is 2. The molecule has 2 aromatic rings. The van der Waals surface area contributed by atoms with Crippen LogP contribution in [0.5, 0.6) is 11.5 Å². The van der Waals surface area contributed by atoms with Crippen molar-refractivity contribution >= 4 is 68.5 Å². The van der Waals surface area contributed by atoms with E-state index in [9.17, 15) is 19.2 Å². The summed E-state index contributed by atoms with van der Waals surface area (Å²) >= 11 is 9.96. The van der Waals surface area contributed by atoms with Gasteiger partial charge in [-0.15, -0.1) is 0 Å². The van der Waals surface area contributed by atoms with Crippen LogP contribution in [0.2, 0.25) is 5.02 Å². The van der Waals surface area contributed by atoms with Crippen LogP contribution in [-0.4, -0.2) is 47.7 Å². The van der Waals surface area contributed by atoms with E-state index in [1.807, 2.05) is 0 Å². The highest BCUT2D eigenvalue weighted by Crippen LogP contribution is 2.39. The molecule has 0 N–H and O–H groups in total. The van der Waals surface area contributed by atoms with Gasteiger partial charge in [0.05, 0.1) is 28.2 Å². The van der Waals surface area contributed by atoms with E-state index in [1.54, 1.807) is 50.2 Å². The number of rotatable bonds is 8. The van der Waals surface area contributed by atoms with E-state index in [0.717, 1.165) is 4.90 Å². The lowest BCUT2D eigenvalue weighted by atomic mass is 10.1. The standard InChI is InChI=1S/C23H19BrClNO7S/c1-3-31-17-10-13(11-18-21(28)26(23(30)34-18)12-19(27)32-4-2)9-16(24)20(17)33-22(29)14-5-7-15(25)8-6-14/h5-11H,3-4,12H2,1-2H3/b18-11-. The molecule has 1 saturated heterocycles. The van der Waals surface area contributed by atoms with E-state index in [-0.39, 0.29) is 29.6 Å². The van der Waals surface area contributed by atoms with Crippen molar-refractivity contribution in [2.24, 2.45) is 0 Å². The van der Waals surface area contributed by atoms with Gasteiger partial charge < -0.3 is 14.2 Å². The first-order valence-electron chi connectivity index (χ1n) is 10.1. The van der Waals surface area contributed by atoms with Crippen molar-refractivity contribution < 1.29 is 33.4 Å². The molecule has 2 aromatic carbocycles. The van der Waals surface area contributed by atoms with Crippen molar-refractivity contribution in [2.75, 3.05) is 19.8 Å². The molecule has 1 aliphatic rings. The second kappa shape index (κ2) is 11.5. The number of amides is 2. The maximum absolute atomic E-state index is 12.6. The predicted molar refractivity (Wildman–Crippen MR) is 131 cm³/mol. The zero-order valence-electron chi connectivity index (χ0n) is 18.1. The normalized spacial score (nSPS) is 14.5. The molecule has 0 aliphatic carbocycles. The van der Waals surface area contributed by atoms with Gasteiger partial charge in [0.1, 0.15) is 6.54 Å². The Kier molecular flexibility index (Phi) is 8.76. The Morgan fingerprint density at radius 1 is 1.12 bits per heavy atom. The molecule has 0 saturated carbocycles. The summed E-state index contributed by atoms with van der Waals surface area (Å²) in [6, 6.07) is 9.44. The number of imide groups is 1. The number of benzene rings is 2. The summed E-state index contributed by atoms with van der Waals surface area (Å²) in [6.45, 7) is 3.39. The van der Waals surface area contributed by atoms with E-state index >= 15 is 0 Å². The van der Waals surface area contributed by atoms with Gasteiger partial charge in [-0.25, -0.2) is 4.79 Å². The van der Waals surface area contributed by atoms with Crippen molar-refractivity contribution in [3.63, 3.8) is 0 Å². The van der Waals surface area contributed by atoms with E-state index in [2.05, 4.69) is 15.9 Å². The Morgan fingerprint density at radius 2 is 1.82 bits per heavy atom. The lowest BCUT2D eigenvalue weighted by molar-refractivity contribution is -0.145. The van der Waals surface area contributed by atoms with E-state index in [1.165, 1.54) is 6.08 Å². The highest BCUT2D eigenvalue weighted by molar-refractivity contribution is 9.10. The maximum atomic E-state index is 12.6. The summed E-state index contributed by atoms with van der Waals surface area (Å²) < 4.78 is 16.4. The third kappa shape index (κ3) is 6.19. The first kappa shape index (κ1) is 25.8. The van der Waals surface area contributed by atoms with Crippen molar-refractivity contribution in [3.8, 4) is 11.5 Å². The fourth-order valence-electron chi connectivity index (χ4n) is 2.89. The monoisotopic (exact) mass is 567 g/mol.